The van der Waals surface area contributed by atoms with E-state index in [1.54, 1.807) is 0 Å². The van der Waals surface area contributed by atoms with Crippen LogP contribution in [-0.2, 0) is 11.3 Å². The molecule has 4 nitrogen and oxygen atoms in total. The van der Waals surface area contributed by atoms with Crippen molar-refractivity contribution in [1.29, 1.82) is 0 Å². The topological polar surface area (TPSA) is 39.1 Å². The summed E-state index contributed by atoms with van der Waals surface area (Å²) in [6.45, 7) is 9.66. The molecule has 1 aliphatic heterocycles. The first-order valence-corrected chi connectivity index (χ1v) is 6.26. The molecule has 0 spiro atoms. The van der Waals surface area contributed by atoms with Gasteiger partial charge in [0.15, 0.2) is 0 Å². The number of hydrogen-bond donors (Lipinski definition) is 1. The van der Waals surface area contributed by atoms with E-state index in [0.29, 0.717) is 0 Å². The van der Waals surface area contributed by atoms with Crippen LogP contribution in [0.5, 0.6) is 0 Å². The fourth-order valence-electron chi connectivity index (χ4n) is 2.19. The average Bonchev–Trinajstić information content (AvgIpc) is 2.63. The summed E-state index contributed by atoms with van der Waals surface area (Å²) in [4.78, 5) is 0. The van der Waals surface area contributed by atoms with E-state index in [-0.39, 0.29) is 0 Å². The maximum Gasteiger partial charge on any atom is 0.0828 e. The predicted molar refractivity (Wildman–Crippen MR) is 69.4 cm³/mol. The highest BCUT2D eigenvalue weighted by Gasteiger charge is 2.11. The van der Waals surface area contributed by atoms with E-state index in [1.165, 1.54) is 17.0 Å². The van der Waals surface area contributed by atoms with Gasteiger partial charge in [0.25, 0.3) is 0 Å². The van der Waals surface area contributed by atoms with Crippen LogP contribution in [0, 0.1) is 13.8 Å². The molecular formula is C13H21N3O. The minimum absolute atomic E-state index is 0.757. The lowest BCUT2D eigenvalue weighted by atomic mass is 10.2. The lowest BCUT2D eigenvalue weighted by molar-refractivity contribution is 0.150. The van der Waals surface area contributed by atoms with Gasteiger partial charge in [-0.2, -0.15) is 5.10 Å². The van der Waals surface area contributed by atoms with Gasteiger partial charge in [-0.25, -0.2) is 0 Å². The van der Waals surface area contributed by atoms with Crippen molar-refractivity contribution in [3.63, 3.8) is 0 Å². The van der Waals surface area contributed by atoms with Gasteiger partial charge < -0.3 is 10.1 Å². The Bertz CT molecular complexity index is 421. The quantitative estimate of drug-likeness (QED) is 0.814. The Morgan fingerprint density at radius 1 is 1.47 bits per heavy atom. The van der Waals surface area contributed by atoms with Gasteiger partial charge in [-0.05, 0) is 32.8 Å². The van der Waals surface area contributed by atoms with Crippen LogP contribution in [-0.4, -0.2) is 29.5 Å². The lowest BCUT2D eigenvalue weighted by Gasteiger charge is -2.15. The van der Waals surface area contributed by atoms with Crippen LogP contribution in [0.2, 0.25) is 0 Å². The number of nitrogens with zero attached hydrogens (tertiary/aromatic N) is 2. The summed E-state index contributed by atoms with van der Waals surface area (Å²) in [6.07, 6.45) is 3.30. The molecule has 1 aromatic heterocycles. The van der Waals surface area contributed by atoms with Gasteiger partial charge >= 0.3 is 0 Å². The molecule has 0 saturated heterocycles. The van der Waals surface area contributed by atoms with Crippen molar-refractivity contribution in [1.82, 2.24) is 9.78 Å². The second-order valence-corrected chi connectivity index (χ2v) is 4.42. The molecule has 4 heteroatoms. The second-order valence-electron chi connectivity index (χ2n) is 4.42. The summed E-state index contributed by atoms with van der Waals surface area (Å²) in [7, 11) is 0. The van der Waals surface area contributed by atoms with Crippen LogP contribution in [0.3, 0.4) is 0 Å². The Kier molecular flexibility index (Phi) is 3.84. The maximum atomic E-state index is 5.43. The van der Waals surface area contributed by atoms with Crippen LogP contribution in [0.25, 0.3) is 0 Å². The number of aromatic nitrogens is 2. The minimum atomic E-state index is 0.757. The first-order valence-electron chi connectivity index (χ1n) is 6.26. The van der Waals surface area contributed by atoms with E-state index in [2.05, 4.69) is 30.3 Å². The molecule has 0 atom stereocenters. The highest BCUT2D eigenvalue weighted by molar-refractivity contribution is 5.52. The minimum Gasteiger partial charge on any atom is -0.378 e. The van der Waals surface area contributed by atoms with Gasteiger partial charge in [0, 0.05) is 13.1 Å². The number of rotatable bonds is 4. The summed E-state index contributed by atoms with van der Waals surface area (Å²) in [5.74, 6) is 0. The third-order valence-corrected chi connectivity index (χ3v) is 3.16. The van der Waals surface area contributed by atoms with Crippen molar-refractivity contribution in [2.24, 2.45) is 0 Å². The summed E-state index contributed by atoms with van der Waals surface area (Å²) >= 11 is 0. The number of aryl methyl sites for hydroxylation is 2. The van der Waals surface area contributed by atoms with E-state index in [1.807, 2.05) is 11.6 Å². The Morgan fingerprint density at radius 2 is 2.29 bits per heavy atom. The van der Waals surface area contributed by atoms with Crippen molar-refractivity contribution < 1.29 is 4.74 Å². The summed E-state index contributed by atoms with van der Waals surface area (Å²) in [6, 6.07) is 0. The second kappa shape index (κ2) is 5.36. The van der Waals surface area contributed by atoms with Crippen LogP contribution >= 0.6 is 0 Å². The summed E-state index contributed by atoms with van der Waals surface area (Å²) in [5, 5.41) is 7.97. The standard InChI is InChI=1S/C13H21N3O/c1-4-16-11(3)13(10(2)15-16)14-8-12-6-5-7-17-9-12/h6,14H,4-5,7-9H2,1-3H3. The van der Waals surface area contributed by atoms with Crippen molar-refractivity contribution in [2.75, 3.05) is 25.1 Å². The molecule has 0 amide bonds. The van der Waals surface area contributed by atoms with Crippen LogP contribution in [0.4, 0.5) is 5.69 Å². The monoisotopic (exact) mass is 235 g/mol. The normalized spacial score (nSPS) is 15.8. The Hall–Kier alpha value is -1.29. The van der Waals surface area contributed by atoms with Gasteiger partial charge in [0.05, 0.1) is 30.3 Å². The molecule has 94 valence electrons. The number of nitrogens with one attached hydrogen (secondary N) is 1. The van der Waals surface area contributed by atoms with Gasteiger partial charge in [-0.1, -0.05) is 6.08 Å². The van der Waals surface area contributed by atoms with Gasteiger partial charge in [-0.15, -0.1) is 0 Å². The highest BCUT2D eigenvalue weighted by atomic mass is 16.5. The Balaban J connectivity index is 2.03. The molecule has 0 aliphatic carbocycles. The Labute approximate surface area is 103 Å². The molecule has 0 aromatic carbocycles. The zero-order valence-electron chi connectivity index (χ0n) is 10.9. The fourth-order valence-corrected chi connectivity index (χ4v) is 2.19. The molecule has 2 rings (SSSR count). The number of ether oxygens (including phenoxy) is 1. The highest BCUT2D eigenvalue weighted by Crippen LogP contribution is 2.20. The van der Waals surface area contributed by atoms with Crippen molar-refractivity contribution in [3.05, 3.63) is 23.0 Å². The van der Waals surface area contributed by atoms with Crippen molar-refractivity contribution in [2.45, 2.75) is 33.7 Å². The molecule has 0 saturated carbocycles. The fraction of sp³-hybridized carbons (Fsp3) is 0.615. The smallest absolute Gasteiger partial charge is 0.0828 e. The van der Waals surface area contributed by atoms with Gasteiger partial charge in [-0.3, -0.25) is 4.68 Å². The van der Waals surface area contributed by atoms with Crippen molar-refractivity contribution in [3.8, 4) is 0 Å². The summed E-state index contributed by atoms with van der Waals surface area (Å²) in [5.41, 5.74) is 4.78. The number of anilines is 1. The third kappa shape index (κ3) is 2.69. The van der Waals surface area contributed by atoms with E-state index in [4.69, 9.17) is 4.74 Å². The molecule has 1 aromatic rings. The van der Waals surface area contributed by atoms with E-state index >= 15 is 0 Å². The average molecular weight is 235 g/mol. The van der Waals surface area contributed by atoms with Crippen LogP contribution in [0.15, 0.2) is 11.6 Å². The predicted octanol–water partition coefficient (Wildman–Crippen LogP) is 2.28. The van der Waals surface area contributed by atoms with Crippen LogP contribution < -0.4 is 5.32 Å². The first kappa shape index (κ1) is 12.2. The van der Waals surface area contributed by atoms with E-state index in [9.17, 15) is 0 Å². The molecule has 0 fully saturated rings. The molecule has 2 heterocycles. The van der Waals surface area contributed by atoms with Gasteiger partial charge in [0.1, 0.15) is 0 Å². The molecule has 0 bridgehead atoms. The Morgan fingerprint density at radius 3 is 2.88 bits per heavy atom. The van der Waals surface area contributed by atoms with E-state index in [0.717, 1.165) is 38.4 Å². The van der Waals surface area contributed by atoms with E-state index < -0.39 is 0 Å². The molecule has 1 N–H and O–H groups in total. The zero-order valence-corrected chi connectivity index (χ0v) is 10.9. The molecule has 0 radical (unpaired) electrons. The molecule has 0 unspecified atom stereocenters. The molecule has 1 aliphatic rings. The maximum absolute atomic E-state index is 5.43. The largest absolute Gasteiger partial charge is 0.378 e. The van der Waals surface area contributed by atoms with Crippen LogP contribution in [0.1, 0.15) is 24.7 Å². The SMILES string of the molecule is CCn1nc(C)c(NCC2=CCCOC2)c1C. The number of hydrogen-bond acceptors (Lipinski definition) is 3. The lowest BCUT2D eigenvalue weighted by Crippen LogP contribution is -2.14. The first-order chi connectivity index (χ1) is 8.22. The molecular weight excluding hydrogens is 214 g/mol. The summed E-state index contributed by atoms with van der Waals surface area (Å²) < 4.78 is 7.46. The van der Waals surface area contributed by atoms with Crippen molar-refractivity contribution >= 4 is 5.69 Å². The molecule has 17 heavy (non-hydrogen) atoms. The van der Waals surface area contributed by atoms with Gasteiger partial charge in [0.2, 0.25) is 0 Å². The zero-order chi connectivity index (χ0) is 12.3. The third-order valence-electron chi connectivity index (χ3n) is 3.16.